The average Bonchev–Trinajstić information content (AvgIpc) is 2.72. The largest absolute Gasteiger partial charge is 0.497 e. The molecule has 0 fully saturated rings. The molecule has 0 unspecified atom stereocenters. The van der Waals surface area contributed by atoms with E-state index in [9.17, 15) is 18.7 Å². The number of methoxy groups -OCH3 is 2. The molecule has 0 saturated heterocycles. The van der Waals surface area contributed by atoms with Crippen molar-refractivity contribution in [2.75, 3.05) is 14.2 Å². The van der Waals surface area contributed by atoms with Gasteiger partial charge >= 0.3 is 5.97 Å². The summed E-state index contributed by atoms with van der Waals surface area (Å²) in [6.45, 7) is 3.58. The van der Waals surface area contributed by atoms with Crippen LogP contribution in [-0.4, -0.2) is 35.3 Å². The normalized spacial score (nSPS) is 10.9. The second-order valence-corrected chi connectivity index (χ2v) is 7.03. The van der Waals surface area contributed by atoms with Gasteiger partial charge in [0.15, 0.2) is 5.69 Å². The molecular weight excluding hydrogens is 589 g/mol. The Morgan fingerprint density at radius 1 is 1.00 bits per heavy atom. The van der Waals surface area contributed by atoms with Crippen LogP contribution in [0.15, 0.2) is 36.4 Å². The van der Waals surface area contributed by atoms with Gasteiger partial charge in [-0.2, -0.15) is 0 Å². The number of aromatic carboxylic acids is 1. The van der Waals surface area contributed by atoms with Crippen molar-refractivity contribution in [3.8, 4) is 22.8 Å². The van der Waals surface area contributed by atoms with Gasteiger partial charge < -0.3 is 14.6 Å². The summed E-state index contributed by atoms with van der Waals surface area (Å²) in [5, 5.41) is 9.36. The molecule has 0 aliphatic heterocycles. The van der Waals surface area contributed by atoms with E-state index in [-0.39, 0.29) is 38.0 Å². The Hall–Kier alpha value is -2.86. The van der Waals surface area contributed by atoms with E-state index >= 15 is 0 Å². The van der Waals surface area contributed by atoms with E-state index in [0.717, 1.165) is 12.1 Å². The zero-order valence-corrected chi connectivity index (χ0v) is 19.4. The number of carboxylic acids is 1. The number of carboxylic acid groups (broad SMARTS) is 1. The van der Waals surface area contributed by atoms with Gasteiger partial charge in [0.1, 0.15) is 11.5 Å². The van der Waals surface area contributed by atoms with Crippen LogP contribution in [0.25, 0.3) is 11.3 Å². The monoisotopic (exact) mass is 608 g/mol. The van der Waals surface area contributed by atoms with Crippen molar-refractivity contribution in [3.05, 3.63) is 71.2 Å². The summed E-state index contributed by atoms with van der Waals surface area (Å²) in [5.41, 5.74) is -0.0917. The van der Waals surface area contributed by atoms with Crippen molar-refractivity contribution in [3.63, 3.8) is 0 Å². The molecule has 0 aliphatic carbocycles. The maximum Gasteiger partial charge on any atom is 0.354 e. The molecule has 0 atom stereocenters. The van der Waals surface area contributed by atoms with Crippen LogP contribution in [0.2, 0.25) is 0 Å². The molecule has 0 amide bonds. The van der Waals surface area contributed by atoms with Crippen LogP contribution < -0.4 is 9.47 Å². The number of carbonyl (C=O) groups is 1. The topological polar surface area (TPSA) is 81.5 Å². The Bertz CT molecular complexity index is 1120. The van der Waals surface area contributed by atoms with Gasteiger partial charge in [0.05, 0.1) is 19.9 Å². The molecule has 1 aromatic carbocycles. The maximum absolute atomic E-state index is 14.3. The van der Waals surface area contributed by atoms with Crippen molar-refractivity contribution >= 4 is 5.97 Å². The summed E-state index contributed by atoms with van der Waals surface area (Å²) in [6.07, 6.45) is 0. The van der Waals surface area contributed by atoms with Gasteiger partial charge in [-0.05, 0) is 25.6 Å². The van der Waals surface area contributed by atoms with E-state index in [2.05, 4.69) is 16.0 Å². The fourth-order valence-corrected chi connectivity index (χ4v) is 2.90. The van der Waals surface area contributed by atoms with E-state index < -0.39 is 23.0 Å². The van der Waals surface area contributed by atoms with Crippen LogP contribution >= 0.6 is 0 Å². The van der Waals surface area contributed by atoms with Gasteiger partial charge in [-0.25, -0.2) is 9.78 Å². The second-order valence-electron chi connectivity index (χ2n) is 7.03. The smallest absolute Gasteiger partial charge is 0.354 e. The van der Waals surface area contributed by atoms with E-state index in [4.69, 9.17) is 9.47 Å². The van der Waals surface area contributed by atoms with Crippen LogP contribution in [0.3, 0.4) is 0 Å². The minimum Gasteiger partial charge on any atom is -0.497 e. The average molecular weight is 608 g/mol. The molecule has 0 spiro atoms. The van der Waals surface area contributed by atoms with E-state index in [1.807, 2.05) is 0 Å². The zero-order chi connectivity index (χ0) is 22.1. The maximum atomic E-state index is 14.3. The first-order valence-electron chi connectivity index (χ1n) is 8.89. The van der Waals surface area contributed by atoms with Crippen LogP contribution in [0.4, 0.5) is 8.78 Å². The number of nitrogens with zero attached hydrogens (tertiary/aromatic N) is 2. The summed E-state index contributed by atoms with van der Waals surface area (Å²) in [7, 11) is 2.87. The van der Waals surface area contributed by atoms with E-state index in [1.165, 1.54) is 26.4 Å². The number of benzene rings is 1. The molecule has 0 saturated carbocycles. The number of halogens is 2. The fourth-order valence-electron chi connectivity index (χ4n) is 2.90. The number of aromatic nitrogens is 2. The van der Waals surface area contributed by atoms with Gasteiger partial charge in [0.2, 0.25) is 0 Å². The molecular formula is C22H19F2N2O4Pt-. The van der Waals surface area contributed by atoms with Gasteiger partial charge in [-0.3, -0.25) is 13.8 Å². The fraction of sp³-hybridized carbons (Fsp3) is 0.227. The molecule has 31 heavy (non-hydrogen) atoms. The van der Waals surface area contributed by atoms with Crippen LogP contribution in [0.5, 0.6) is 11.5 Å². The molecule has 0 bridgehead atoms. The number of pyridine rings is 2. The van der Waals surface area contributed by atoms with E-state index in [1.54, 1.807) is 26.0 Å². The molecule has 166 valence electrons. The number of hydrogen-bond acceptors (Lipinski definition) is 5. The summed E-state index contributed by atoms with van der Waals surface area (Å²) in [5.74, 6) is -2.05. The SMILES string of the molecule is COc1cc(C(=O)O)nc(C(C)(C)c2cc(OC)cc(-c3[c-]cc(F)cc3F)n2)c1.[Pt]. The summed E-state index contributed by atoms with van der Waals surface area (Å²) in [4.78, 5) is 20.2. The number of ether oxygens (including phenoxy) is 2. The molecule has 0 radical (unpaired) electrons. The van der Waals surface area contributed by atoms with Crippen LogP contribution in [0.1, 0.15) is 35.7 Å². The Labute approximate surface area is 192 Å². The van der Waals surface area contributed by atoms with E-state index in [0.29, 0.717) is 22.9 Å². The van der Waals surface area contributed by atoms with Crippen molar-refractivity contribution in [1.82, 2.24) is 9.97 Å². The summed E-state index contributed by atoms with van der Waals surface area (Å²) < 4.78 is 38.1. The molecule has 6 nitrogen and oxygen atoms in total. The standard InChI is InChI=1S/C22H19F2N2O4.Pt/c1-22(2,20-11-14(30-4)9-18(26-20)21(27)28)19-10-13(29-3)8-17(25-19)15-6-5-12(23)7-16(15)24;/h5,7-11H,1-4H3,(H,27,28);/q-1;. The molecule has 2 heterocycles. The minimum atomic E-state index is -1.20. The molecule has 2 aromatic heterocycles. The first-order valence-corrected chi connectivity index (χ1v) is 8.89. The Kier molecular flexibility index (Phi) is 7.49. The number of hydrogen-bond donors (Lipinski definition) is 1. The minimum absolute atomic E-state index is 0. The third kappa shape index (κ3) is 5.07. The van der Waals surface area contributed by atoms with Crippen molar-refractivity contribution < 1.29 is 49.2 Å². The summed E-state index contributed by atoms with van der Waals surface area (Å²) in [6, 6.07) is 10.4. The van der Waals surface area contributed by atoms with Crippen molar-refractivity contribution in [1.29, 1.82) is 0 Å². The van der Waals surface area contributed by atoms with Gasteiger partial charge in [-0.1, -0.05) is 11.6 Å². The predicted molar refractivity (Wildman–Crippen MR) is 105 cm³/mol. The zero-order valence-electron chi connectivity index (χ0n) is 17.1. The first kappa shape index (κ1) is 24.4. The second kappa shape index (κ2) is 9.52. The predicted octanol–water partition coefficient (Wildman–Crippen LogP) is 4.26. The molecule has 3 aromatic rings. The van der Waals surface area contributed by atoms with Crippen LogP contribution in [0, 0.1) is 17.7 Å². The molecule has 3 rings (SSSR count). The van der Waals surface area contributed by atoms with Gasteiger partial charge in [-0.15, -0.1) is 12.1 Å². The Balaban J connectivity index is 0.00000341. The van der Waals surface area contributed by atoms with Crippen molar-refractivity contribution in [2.45, 2.75) is 19.3 Å². The third-order valence-electron chi connectivity index (χ3n) is 4.68. The van der Waals surface area contributed by atoms with Crippen molar-refractivity contribution in [2.24, 2.45) is 0 Å². The van der Waals surface area contributed by atoms with Gasteiger partial charge in [0, 0.05) is 62.0 Å². The Morgan fingerprint density at radius 2 is 1.58 bits per heavy atom. The quantitative estimate of drug-likeness (QED) is 0.422. The van der Waals surface area contributed by atoms with Crippen LogP contribution in [-0.2, 0) is 26.5 Å². The molecule has 0 aliphatic rings. The first-order chi connectivity index (χ1) is 14.1. The molecule has 9 heteroatoms. The Morgan fingerprint density at radius 3 is 2.13 bits per heavy atom. The number of rotatable bonds is 6. The summed E-state index contributed by atoms with van der Waals surface area (Å²) >= 11 is 0. The third-order valence-corrected chi connectivity index (χ3v) is 4.68. The van der Waals surface area contributed by atoms with Gasteiger partial charge in [0.25, 0.3) is 0 Å². The molecule has 1 N–H and O–H groups in total.